The number of carbonyl (C=O) groups excluding carboxylic acids is 1. The van der Waals surface area contributed by atoms with E-state index in [9.17, 15) is 9.59 Å². The van der Waals surface area contributed by atoms with E-state index in [0.717, 1.165) is 16.6 Å². The molecule has 0 aliphatic carbocycles. The Balaban J connectivity index is 2.00. The van der Waals surface area contributed by atoms with Gasteiger partial charge in [0, 0.05) is 22.8 Å². The number of aromatic carboxylic acids is 1. The molecule has 3 rings (SSSR count). The highest BCUT2D eigenvalue weighted by Gasteiger charge is 2.08. The van der Waals surface area contributed by atoms with Crippen LogP contribution in [0.4, 0.5) is 11.4 Å². The summed E-state index contributed by atoms with van der Waals surface area (Å²) in [5, 5.41) is 12.8. The van der Waals surface area contributed by atoms with Gasteiger partial charge in [-0.25, -0.2) is 9.78 Å². The lowest BCUT2D eigenvalue weighted by atomic mass is 10.1. The molecular weight excluding hydrogens is 294 g/mol. The molecule has 2 heterocycles. The zero-order chi connectivity index (χ0) is 16.4. The van der Waals surface area contributed by atoms with E-state index >= 15 is 0 Å². The van der Waals surface area contributed by atoms with Crippen LogP contribution in [0.1, 0.15) is 27.8 Å². The van der Waals surface area contributed by atoms with Crippen molar-refractivity contribution in [2.75, 3.05) is 5.32 Å². The van der Waals surface area contributed by atoms with Crippen LogP contribution >= 0.6 is 0 Å². The van der Waals surface area contributed by atoms with Gasteiger partial charge in [-0.15, -0.1) is 0 Å². The van der Waals surface area contributed by atoms with Crippen molar-refractivity contribution in [2.24, 2.45) is 0 Å². The fraction of sp³-hybridized carbons (Fsp3) is 0.0588. The van der Waals surface area contributed by atoms with Gasteiger partial charge in [0.25, 0.3) is 0 Å². The zero-order valence-electron chi connectivity index (χ0n) is 12.3. The molecule has 6 nitrogen and oxygen atoms in total. The maximum Gasteiger partial charge on any atom is 0.354 e. The summed E-state index contributed by atoms with van der Waals surface area (Å²) in [4.78, 5) is 30.5. The van der Waals surface area contributed by atoms with Crippen molar-refractivity contribution in [1.82, 2.24) is 9.97 Å². The van der Waals surface area contributed by atoms with Gasteiger partial charge in [0.1, 0.15) is 5.69 Å². The number of carbonyl (C=O) groups is 2. The van der Waals surface area contributed by atoms with Gasteiger partial charge in [-0.1, -0.05) is 0 Å². The number of ketones is 1. The summed E-state index contributed by atoms with van der Waals surface area (Å²) in [7, 11) is 0. The Bertz CT molecular complexity index is 905. The Kier molecular flexibility index (Phi) is 3.72. The van der Waals surface area contributed by atoms with Gasteiger partial charge in [0.15, 0.2) is 5.78 Å². The molecule has 0 saturated carbocycles. The molecule has 0 unspecified atom stereocenters. The van der Waals surface area contributed by atoms with E-state index in [4.69, 9.17) is 5.11 Å². The first-order valence-electron chi connectivity index (χ1n) is 6.90. The first kappa shape index (κ1) is 14.6. The highest BCUT2D eigenvalue weighted by Crippen LogP contribution is 2.26. The third-order valence-corrected chi connectivity index (χ3v) is 3.41. The standard InChI is InChI=1S/C17H13N3O3/c1-10(21)11-2-4-14-13(8-11)15(6-7-18-14)20-12-3-5-16(17(22)23)19-9-12/h2-9H,1H3,(H,18,20)(H,22,23). The molecule has 0 saturated heterocycles. The number of rotatable bonds is 4. The Morgan fingerprint density at radius 1 is 1.09 bits per heavy atom. The lowest BCUT2D eigenvalue weighted by Gasteiger charge is -2.10. The molecule has 0 radical (unpaired) electrons. The van der Waals surface area contributed by atoms with Crippen molar-refractivity contribution in [3.8, 4) is 0 Å². The molecule has 0 fully saturated rings. The van der Waals surface area contributed by atoms with Gasteiger partial charge in [-0.05, 0) is 43.3 Å². The average molecular weight is 307 g/mol. The minimum Gasteiger partial charge on any atom is -0.477 e. The molecule has 0 aliphatic heterocycles. The summed E-state index contributed by atoms with van der Waals surface area (Å²) in [5.74, 6) is -1.09. The predicted octanol–water partition coefficient (Wildman–Crippen LogP) is 3.27. The van der Waals surface area contributed by atoms with E-state index in [2.05, 4.69) is 15.3 Å². The van der Waals surface area contributed by atoms with Gasteiger partial charge in [-0.2, -0.15) is 0 Å². The van der Waals surface area contributed by atoms with Gasteiger partial charge in [-0.3, -0.25) is 9.78 Å². The minimum atomic E-state index is -1.07. The van der Waals surface area contributed by atoms with Crippen molar-refractivity contribution >= 4 is 34.0 Å². The van der Waals surface area contributed by atoms with Crippen molar-refractivity contribution in [2.45, 2.75) is 6.92 Å². The number of anilines is 2. The molecule has 1 aromatic carbocycles. The number of pyridine rings is 2. The topological polar surface area (TPSA) is 92.2 Å². The maximum absolute atomic E-state index is 11.6. The first-order valence-corrected chi connectivity index (χ1v) is 6.90. The fourth-order valence-corrected chi connectivity index (χ4v) is 2.22. The summed E-state index contributed by atoms with van der Waals surface area (Å²) < 4.78 is 0. The quantitative estimate of drug-likeness (QED) is 0.719. The van der Waals surface area contributed by atoms with Crippen LogP contribution in [0.5, 0.6) is 0 Å². The second-order valence-corrected chi connectivity index (χ2v) is 5.01. The summed E-state index contributed by atoms with van der Waals surface area (Å²) in [5.41, 5.74) is 2.76. The SMILES string of the molecule is CC(=O)c1ccc2nccc(Nc3ccc(C(=O)O)nc3)c2c1. The normalized spacial score (nSPS) is 10.5. The van der Waals surface area contributed by atoms with Gasteiger partial charge >= 0.3 is 5.97 Å². The van der Waals surface area contributed by atoms with Gasteiger partial charge < -0.3 is 10.4 Å². The number of benzene rings is 1. The number of carboxylic acids is 1. The Labute approximate surface area is 131 Å². The summed E-state index contributed by atoms with van der Waals surface area (Å²) in [6, 6.07) is 10.2. The van der Waals surface area contributed by atoms with Crippen LogP contribution in [0.25, 0.3) is 10.9 Å². The molecule has 0 spiro atoms. The van der Waals surface area contributed by atoms with Crippen molar-refractivity contribution in [1.29, 1.82) is 0 Å². The molecule has 23 heavy (non-hydrogen) atoms. The number of nitrogens with zero attached hydrogens (tertiary/aromatic N) is 2. The molecule has 114 valence electrons. The average Bonchev–Trinajstić information content (AvgIpc) is 2.55. The van der Waals surface area contributed by atoms with Crippen LogP contribution in [-0.2, 0) is 0 Å². The summed E-state index contributed by atoms with van der Waals surface area (Å²) in [6.45, 7) is 1.51. The Hall–Kier alpha value is -3.28. The van der Waals surface area contributed by atoms with E-state index in [1.54, 1.807) is 36.5 Å². The highest BCUT2D eigenvalue weighted by molar-refractivity contribution is 6.01. The summed E-state index contributed by atoms with van der Waals surface area (Å²) >= 11 is 0. The van der Waals surface area contributed by atoms with Crippen molar-refractivity contribution < 1.29 is 14.7 Å². The maximum atomic E-state index is 11.6. The third-order valence-electron chi connectivity index (χ3n) is 3.41. The van der Waals surface area contributed by atoms with Crippen LogP contribution in [0.2, 0.25) is 0 Å². The summed E-state index contributed by atoms with van der Waals surface area (Å²) in [6.07, 6.45) is 3.11. The fourth-order valence-electron chi connectivity index (χ4n) is 2.22. The van der Waals surface area contributed by atoms with E-state index in [-0.39, 0.29) is 11.5 Å². The molecule has 2 aromatic heterocycles. The van der Waals surface area contributed by atoms with Crippen LogP contribution in [0.3, 0.4) is 0 Å². The second-order valence-electron chi connectivity index (χ2n) is 5.01. The number of aromatic nitrogens is 2. The number of Topliss-reactive ketones (excluding diaryl/α,β-unsaturated/α-hetero) is 1. The van der Waals surface area contributed by atoms with Crippen LogP contribution in [0.15, 0.2) is 48.8 Å². The second kappa shape index (κ2) is 5.84. The third kappa shape index (κ3) is 3.01. The van der Waals surface area contributed by atoms with E-state index in [1.807, 2.05) is 0 Å². The number of hydrogen-bond donors (Lipinski definition) is 2. The first-order chi connectivity index (χ1) is 11.0. The van der Waals surface area contributed by atoms with Crippen molar-refractivity contribution in [3.05, 3.63) is 60.0 Å². The highest BCUT2D eigenvalue weighted by atomic mass is 16.4. The van der Waals surface area contributed by atoms with Crippen molar-refractivity contribution in [3.63, 3.8) is 0 Å². The molecular formula is C17H13N3O3. The predicted molar refractivity (Wildman–Crippen MR) is 86.2 cm³/mol. The lowest BCUT2D eigenvalue weighted by Crippen LogP contribution is -2.01. The molecule has 0 aliphatic rings. The number of hydrogen-bond acceptors (Lipinski definition) is 5. The largest absolute Gasteiger partial charge is 0.477 e. The smallest absolute Gasteiger partial charge is 0.354 e. The molecule has 2 N–H and O–H groups in total. The zero-order valence-corrected chi connectivity index (χ0v) is 12.3. The number of carboxylic acid groups (broad SMARTS) is 1. The molecule has 0 atom stereocenters. The van der Waals surface area contributed by atoms with Crippen LogP contribution in [-0.4, -0.2) is 26.8 Å². The monoisotopic (exact) mass is 307 g/mol. The van der Waals surface area contributed by atoms with E-state index in [0.29, 0.717) is 11.3 Å². The number of nitrogens with one attached hydrogen (secondary N) is 1. The van der Waals surface area contributed by atoms with Crippen LogP contribution < -0.4 is 5.32 Å². The Morgan fingerprint density at radius 3 is 2.57 bits per heavy atom. The molecule has 0 amide bonds. The molecule has 0 bridgehead atoms. The van der Waals surface area contributed by atoms with E-state index < -0.39 is 5.97 Å². The van der Waals surface area contributed by atoms with Crippen LogP contribution in [0, 0.1) is 0 Å². The van der Waals surface area contributed by atoms with Gasteiger partial charge in [0.05, 0.1) is 17.4 Å². The Morgan fingerprint density at radius 2 is 1.91 bits per heavy atom. The van der Waals surface area contributed by atoms with Gasteiger partial charge in [0.2, 0.25) is 0 Å². The number of fused-ring (bicyclic) bond motifs is 1. The molecule has 6 heteroatoms. The minimum absolute atomic E-state index is 0.0193. The lowest BCUT2D eigenvalue weighted by molar-refractivity contribution is 0.0690. The van der Waals surface area contributed by atoms with E-state index in [1.165, 1.54) is 19.2 Å². The molecule has 3 aromatic rings.